The number of hydrogen-bond acceptors (Lipinski definition) is 3. The van der Waals surface area contributed by atoms with Crippen molar-refractivity contribution in [2.24, 2.45) is 0 Å². The topological polar surface area (TPSA) is 38.6 Å². The van der Waals surface area contributed by atoms with E-state index in [0.717, 1.165) is 34.0 Å². The van der Waals surface area contributed by atoms with Crippen molar-refractivity contribution < 1.29 is 4.74 Å². The number of fused-ring (bicyclic) bond motifs is 1. The fourth-order valence-corrected chi connectivity index (χ4v) is 3.36. The van der Waals surface area contributed by atoms with Crippen molar-refractivity contribution in [2.45, 2.75) is 39.8 Å². The molecule has 2 aromatic carbocycles. The van der Waals surface area contributed by atoms with Crippen molar-refractivity contribution in [1.29, 1.82) is 0 Å². The van der Waals surface area contributed by atoms with Crippen LogP contribution in [0.4, 0.5) is 5.82 Å². The Morgan fingerprint density at radius 3 is 2.48 bits per heavy atom. The van der Waals surface area contributed by atoms with Gasteiger partial charge in [0.2, 0.25) is 0 Å². The predicted octanol–water partition coefficient (Wildman–Crippen LogP) is 6.10. The number of nitrogens with one attached hydrogen (secondary N) is 1. The van der Waals surface area contributed by atoms with Gasteiger partial charge in [-0.25, -0.2) is 4.98 Å². The molecule has 0 atom stereocenters. The van der Waals surface area contributed by atoms with E-state index in [1.54, 1.807) is 0 Å². The van der Waals surface area contributed by atoms with Crippen LogP contribution in [0.5, 0.6) is 5.75 Å². The van der Waals surface area contributed by atoms with Crippen LogP contribution in [0, 0.1) is 6.92 Å². The van der Waals surface area contributed by atoms with Crippen molar-refractivity contribution in [3.8, 4) is 17.0 Å². The lowest BCUT2D eigenvalue weighted by molar-refractivity contribution is 0.308. The quantitative estimate of drug-likeness (QED) is 0.451. The first-order valence-electron chi connectivity index (χ1n) is 9.94. The van der Waals surface area contributed by atoms with Crippen LogP contribution in [0.2, 0.25) is 0 Å². The SMILES string of the molecule is Cc1cccc(-c2nc3c(OCc4ccccc4)cccn3c2NC(C)(C)C)c1. The predicted molar refractivity (Wildman–Crippen MR) is 120 cm³/mol. The van der Waals surface area contributed by atoms with Gasteiger partial charge in [-0.1, -0.05) is 54.1 Å². The third-order valence-electron chi connectivity index (χ3n) is 4.64. The summed E-state index contributed by atoms with van der Waals surface area (Å²) in [5.74, 6) is 1.75. The van der Waals surface area contributed by atoms with Gasteiger partial charge in [-0.3, -0.25) is 4.40 Å². The van der Waals surface area contributed by atoms with Gasteiger partial charge in [-0.05, 0) is 51.5 Å². The maximum atomic E-state index is 6.15. The standard InChI is InChI=1S/C25H27N3O/c1-18-10-8-13-20(16-18)22-24(27-25(2,3)4)28-15-9-14-21(23(28)26-22)29-17-19-11-6-5-7-12-19/h5-16,27H,17H2,1-4H3. The second-order valence-electron chi connectivity index (χ2n) is 8.39. The van der Waals surface area contributed by atoms with Gasteiger partial charge < -0.3 is 10.1 Å². The molecule has 2 aromatic heterocycles. The number of aromatic nitrogens is 2. The Hall–Kier alpha value is -3.27. The molecule has 1 N–H and O–H groups in total. The number of imidazole rings is 1. The lowest BCUT2D eigenvalue weighted by atomic mass is 10.1. The highest BCUT2D eigenvalue weighted by Crippen LogP contribution is 2.34. The van der Waals surface area contributed by atoms with Gasteiger partial charge >= 0.3 is 0 Å². The van der Waals surface area contributed by atoms with E-state index >= 15 is 0 Å². The van der Waals surface area contributed by atoms with Crippen LogP contribution in [0.1, 0.15) is 31.9 Å². The van der Waals surface area contributed by atoms with Gasteiger partial charge in [0.1, 0.15) is 18.1 Å². The Balaban J connectivity index is 1.80. The fourth-order valence-electron chi connectivity index (χ4n) is 3.36. The molecule has 4 nitrogen and oxygen atoms in total. The molecular formula is C25H27N3O. The molecule has 0 aliphatic heterocycles. The maximum Gasteiger partial charge on any atom is 0.181 e. The van der Waals surface area contributed by atoms with Gasteiger partial charge in [-0.2, -0.15) is 0 Å². The van der Waals surface area contributed by atoms with Gasteiger partial charge in [0.15, 0.2) is 11.4 Å². The number of benzene rings is 2. The largest absolute Gasteiger partial charge is 0.485 e. The van der Waals surface area contributed by atoms with Crippen LogP contribution in [-0.2, 0) is 6.61 Å². The molecule has 148 valence electrons. The summed E-state index contributed by atoms with van der Waals surface area (Å²) in [4.78, 5) is 5.00. The molecule has 0 bridgehead atoms. The molecule has 0 amide bonds. The highest BCUT2D eigenvalue weighted by molar-refractivity contribution is 5.79. The number of pyridine rings is 1. The molecule has 0 saturated carbocycles. The van der Waals surface area contributed by atoms with E-state index in [1.807, 2.05) is 36.5 Å². The third-order valence-corrected chi connectivity index (χ3v) is 4.64. The van der Waals surface area contributed by atoms with Crippen molar-refractivity contribution in [1.82, 2.24) is 9.38 Å². The van der Waals surface area contributed by atoms with Crippen LogP contribution >= 0.6 is 0 Å². The van der Waals surface area contributed by atoms with Crippen molar-refractivity contribution >= 4 is 11.5 Å². The molecular weight excluding hydrogens is 358 g/mol. The molecule has 0 unspecified atom stereocenters. The Bertz CT molecular complexity index is 1120. The summed E-state index contributed by atoms with van der Waals surface area (Å²) in [6.45, 7) is 9.08. The van der Waals surface area contributed by atoms with E-state index in [9.17, 15) is 0 Å². The average molecular weight is 386 g/mol. The highest BCUT2D eigenvalue weighted by Gasteiger charge is 2.21. The van der Waals surface area contributed by atoms with Crippen LogP contribution < -0.4 is 10.1 Å². The zero-order chi connectivity index (χ0) is 20.4. The van der Waals surface area contributed by atoms with Gasteiger partial charge in [-0.15, -0.1) is 0 Å². The summed E-state index contributed by atoms with van der Waals surface area (Å²) in [5.41, 5.74) is 5.07. The summed E-state index contributed by atoms with van der Waals surface area (Å²) in [6.07, 6.45) is 2.03. The number of nitrogens with zero attached hydrogens (tertiary/aromatic N) is 2. The monoisotopic (exact) mass is 385 g/mol. The summed E-state index contributed by atoms with van der Waals surface area (Å²) < 4.78 is 8.24. The molecule has 4 heteroatoms. The van der Waals surface area contributed by atoms with Crippen LogP contribution in [-0.4, -0.2) is 14.9 Å². The lowest BCUT2D eigenvalue weighted by Crippen LogP contribution is -2.27. The first-order valence-corrected chi connectivity index (χ1v) is 9.94. The van der Waals surface area contributed by atoms with E-state index in [1.165, 1.54) is 5.56 Å². The van der Waals surface area contributed by atoms with Crippen LogP contribution in [0.25, 0.3) is 16.9 Å². The number of anilines is 1. The Kier molecular flexibility index (Phi) is 5.01. The molecule has 4 rings (SSSR count). The van der Waals surface area contributed by atoms with Crippen LogP contribution in [0.15, 0.2) is 72.9 Å². The first kappa shape index (κ1) is 19.1. The summed E-state index contributed by atoms with van der Waals surface area (Å²) in [5, 5.41) is 3.64. The summed E-state index contributed by atoms with van der Waals surface area (Å²) >= 11 is 0. The zero-order valence-electron chi connectivity index (χ0n) is 17.4. The van der Waals surface area contributed by atoms with Crippen molar-refractivity contribution in [3.05, 3.63) is 84.1 Å². The molecule has 0 saturated heterocycles. The summed E-state index contributed by atoms with van der Waals surface area (Å²) in [6, 6.07) is 22.6. The molecule has 4 aromatic rings. The maximum absolute atomic E-state index is 6.15. The van der Waals surface area contributed by atoms with Crippen LogP contribution in [0.3, 0.4) is 0 Å². The van der Waals surface area contributed by atoms with Crippen molar-refractivity contribution in [3.63, 3.8) is 0 Å². The Morgan fingerprint density at radius 2 is 1.76 bits per heavy atom. The minimum absolute atomic E-state index is 0.102. The fraction of sp³-hybridized carbons (Fsp3) is 0.240. The molecule has 0 spiro atoms. The number of ether oxygens (including phenoxy) is 1. The highest BCUT2D eigenvalue weighted by atomic mass is 16.5. The minimum atomic E-state index is -0.102. The number of rotatable bonds is 5. The Morgan fingerprint density at radius 1 is 0.966 bits per heavy atom. The van der Waals surface area contributed by atoms with E-state index in [0.29, 0.717) is 6.61 Å². The molecule has 2 heterocycles. The second-order valence-corrected chi connectivity index (χ2v) is 8.39. The van der Waals surface area contributed by atoms with E-state index in [2.05, 4.69) is 73.8 Å². The van der Waals surface area contributed by atoms with E-state index < -0.39 is 0 Å². The molecule has 0 radical (unpaired) electrons. The molecule has 29 heavy (non-hydrogen) atoms. The third kappa shape index (κ3) is 4.27. The minimum Gasteiger partial charge on any atom is -0.485 e. The first-order chi connectivity index (χ1) is 13.9. The van der Waals surface area contributed by atoms with E-state index in [4.69, 9.17) is 9.72 Å². The Labute approximate surface area is 172 Å². The number of hydrogen-bond donors (Lipinski definition) is 1. The average Bonchev–Trinajstić information content (AvgIpc) is 3.05. The van der Waals surface area contributed by atoms with Gasteiger partial charge in [0.25, 0.3) is 0 Å². The summed E-state index contributed by atoms with van der Waals surface area (Å²) in [7, 11) is 0. The van der Waals surface area contributed by atoms with Gasteiger partial charge in [0.05, 0.1) is 0 Å². The molecule has 0 aliphatic carbocycles. The smallest absolute Gasteiger partial charge is 0.181 e. The lowest BCUT2D eigenvalue weighted by Gasteiger charge is -2.22. The zero-order valence-corrected chi connectivity index (χ0v) is 17.4. The van der Waals surface area contributed by atoms with E-state index in [-0.39, 0.29) is 5.54 Å². The second kappa shape index (κ2) is 7.63. The molecule has 0 aliphatic rings. The normalized spacial score (nSPS) is 11.6. The van der Waals surface area contributed by atoms with Crippen molar-refractivity contribution in [2.75, 3.05) is 5.32 Å². The number of aryl methyl sites for hydroxylation is 1. The molecule has 0 fully saturated rings. The van der Waals surface area contributed by atoms with Gasteiger partial charge in [0, 0.05) is 17.3 Å².